The number of pyridine rings is 1. The van der Waals surface area contributed by atoms with Gasteiger partial charge in [0.2, 0.25) is 0 Å². The quantitative estimate of drug-likeness (QED) is 0.884. The monoisotopic (exact) mass is 285 g/mol. The molecule has 0 aliphatic rings. The van der Waals surface area contributed by atoms with E-state index in [0.717, 1.165) is 6.54 Å². The van der Waals surface area contributed by atoms with Crippen LogP contribution in [-0.2, 0) is 0 Å². The molecule has 5 nitrogen and oxygen atoms in total. The first-order valence-corrected chi connectivity index (χ1v) is 6.75. The van der Waals surface area contributed by atoms with E-state index in [1.165, 1.54) is 0 Å². The van der Waals surface area contributed by atoms with Crippen molar-refractivity contribution in [3.8, 4) is 5.75 Å². The topological polar surface area (TPSA) is 54.5 Å². The molecule has 1 heterocycles. The molecule has 2 aromatic rings. The van der Waals surface area contributed by atoms with Gasteiger partial charge in [-0.15, -0.1) is 0 Å². The van der Waals surface area contributed by atoms with Crippen LogP contribution < -0.4 is 10.1 Å². The Kier molecular flexibility index (Phi) is 5.29. The van der Waals surface area contributed by atoms with Gasteiger partial charge in [-0.25, -0.2) is 4.98 Å². The van der Waals surface area contributed by atoms with Gasteiger partial charge in [-0.2, -0.15) is 0 Å². The van der Waals surface area contributed by atoms with Crippen molar-refractivity contribution in [3.05, 3.63) is 54.2 Å². The number of hydrogen-bond donors (Lipinski definition) is 1. The molecule has 0 fully saturated rings. The maximum atomic E-state index is 12.0. The minimum Gasteiger partial charge on any atom is -0.491 e. The average Bonchev–Trinajstić information content (AvgIpc) is 2.49. The predicted molar refractivity (Wildman–Crippen MR) is 82.7 cm³/mol. The molecule has 1 aromatic carbocycles. The SMILES string of the molecule is CN(C)CCOc1ccc(NC(=O)c2ccccc2)nc1. The Hall–Kier alpha value is -2.40. The van der Waals surface area contributed by atoms with E-state index in [2.05, 4.69) is 10.3 Å². The number of benzene rings is 1. The number of hydrogen-bond acceptors (Lipinski definition) is 4. The van der Waals surface area contributed by atoms with Crippen LogP contribution >= 0.6 is 0 Å². The molecule has 0 unspecified atom stereocenters. The Bertz CT molecular complexity index is 568. The molecule has 0 atom stereocenters. The van der Waals surface area contributed by atoms with Crippen molar-refractivity contribution in [2.75, 3.05) is 32.6 Å². The third kappa shape index (κ3) is 4.89. The fourth-order valence-electron chi connectivity index (χ4n) is 1.66. The summed E-state index contributed by atoms with van der Waals surface area (Å²) in [6.45, 7) is 1.44. The highest BCUT2D eigenvalue weighted by Crippen LogP contribution is 2.13. The van der Waals surface area contributed by atoms with E-state index >= 15 is 0 Å². The second-order valence-corrected chi connectivity index (χ2v) is 4.85. The number of rotatable bonds is 6. The van der Waals surface area contributed by atoms with Gasteiger partial charge in [-0.1, -0.05) is 18.2 Å². The first kappa shape index (κ1) is 15.0. The van der Waals surface area contributed by atoms with Crippen molar-refractivity contribution in [1.29, 1.82) is 0 Å². The zero-order valence-corrected chi connectivity index (χ0v) is 12.2. The summed E-state index contributed by atoms with van der Waals surface area (Å²) in [4.78, 5) is 18.2. The van der Waals surface area contributed by atoms with Crippen molar-refractivity contribution in [3.63, 3.8) is 0 Å². The molecular formula is C16H19N3O2. The van der Waals surface area contributed by atoms with Crippen molar-refractivity contribution >= 4 is 11.7 Å². The summed E-state index contributed by atoms with van der Waals surface area (Å²) in [5.41, 5.74) is 0.602. The maximum absolute atomic E-state index is 12.0. The van der Waals surface area contributed by atoms with Gasteiger partial charge in [0.25, 0.3) is 5.91 Å². The molecule has 0 spiro atoms. The van der Waals surface area contributed by atoms with Crippen LogP contribution in [0, 0.1) is 0 Å². The summed E-state index contributed by atoms with van der Waals surface area (Å²) in [5, 5.41) is 2.75. The van der Waals surface area contributed by atoms with Gasteiger partial charge in [-0.3, -0.25) is 4.79 Å². The Labute approximate surface area is 124 Å². The summed E-state index contributed by atoms with van der Waals surface area (Å²) in [5.74, 6) is 1.02. The Morgan fingerprint density at radius 3 is 2.57 bits per heavy atom. The minimum atomic E-state index is -0.177. The molecule has 0 bridgehead atoms. The number of aromatic nitrogens is 1. The van der Waals surface area contributed by atoms with Crippen LogP contribution in [0.1, 0.15) is 10.4 Å². The van der Waals surface area contributed by atoms with Gasteiger partial charge < -0.3 is 15.0 Å². The zero-order valence-electron chi connectivity index (χ0n) is 12.2. The van der Waals surface area contributed by atoms with Gasteiger partial charge in [0.15, 0.2) is 0 Å². The number of anilines is 1. The smallest absolute Gasteiger partial charge is 0.256 e. The molecule has 0 radical (unpaired) electrons. The highest BCUT2D eigenvalue weighted by molar-refractivity contribution is 6.03. The van der Waals surface area contributed by atoms with E-state index in [-0.39, 0.29) is 5.91 Å². The standard InChI is InChI=1S/C16H19N3O2/c1-19(2)10-11-21-14-8-9-15(17-12-14)18-16(20)13-6-4-3-5-7-13/h3-9,12H,10-11H2,1-2H3,(H,17,18,20). The third-order valence-electron chi connectivity index (χ3n) is 2.82. The van der Waals surface area contributed by atoms with Gasteiger partial charge in [-0.05, 0) is 38.4 Å². The molecule has 1 N–H and O–H groups in total. The molecule has 21 heavy (non-hydrogen) atoms. The minimum absolute atomic E-state index is 0.177. The Morgan fingerprint density at radius 2 is 1.95 bits per heavy atom. The number of likely N-dealkylation sites (N-methyl/N-ethyl adjacent to an activating group) is 1. The van der Waals surface area contributed by atoms with Crippen molar-refractivity contribution in [2.45, 2.75) is 0 Å². The van der Waals surface area contributed by atoms with Gasteiger partial charge in [0, 0.05) is 12.1 Å². The summed E-state index contributed by atoms with van der Waals surface area (Å²) >= 11 is 0. The van der Waals surface area contributed by atoms with E-state index in [9.17, 15) is 4.79 Å². The van der Waals surface area contributed by atoms with Crippen LogP contribution in [0.5, 0.6) is 5.75 Å². The van der Waals surface area contributed by atoms with Crippen LogP contribution in [0.2, 0.25) is 0 Å². The highest BCUT2D eigenvalue weighted by Gasteiger charge is 2.05. The van der Waals surface area contributed by atoms with Crippen LogP contribution in [0.15, 0.2) is 48.7 Å². The van der Waals surface area contributed by atoms with Crippen LogP contribution in [-0.4, -0.2) is 43.0 Å². The molecule has 0 saturated heterocycles. The first-order valence-electron chi connectivity index (χ1n) is 6.75. The number of carbonyl (C=O) groups excluding carboxylic acids is 1. The van der Waals surface area contributed by atoms with Crippen LogP contribution in [0.25, 0.3) is 0 Å². The zero-order chi connectivity index (χ0) is 15.1. The van der Waals surface area contributed by atoms with Crippen molar-refractivity contribution in [1.82, 2.24) is 9.88 Å². The molecule has 1 aromatic heterocycles. The average molecular weight is 285 g/mol. The lowest BCUT2D eigenvalue weighted by atomic mass is 10.2. The van der Waals surface area contributed by atoms with Crippen LogP contribution in [0.3, 0.4) is 0 Å². The number of amides is 1. The molecule has 0 saturated carbocycles. The van der Waals surface area contributed by atoms with E-state index < -0.39 is 0 Å². The van der Waals surface area contributed by atoms with Gasteiger partial charge in [0.05, 0.1) is 6.20 Å². The second kappa shape index (κ2) is 7.40. The number of nitrogens with one attached hydrogen (secondary N) is 1. The first-order chi connectivity index (χ1) is 10.1. The lowest BCUT2D eigenvalue weighted by molar-refractivity contribution is 0.102. The van der Waals surface area contributed by atoms with Gasteiger partial charge >= 0.3 is 0 Å². The fourth-order valence-corrected chi connectivity index (χ4v) is 1.66. The predicted octanol–water partition coefficient (Wildman–Crippen LogP) is 2.27. The van der Waals surface area contributed by atoms with E-state index in [0.29, 0.717) is 23.7 Å². The normalized spacial score (nSPS) is 10.4. The fraction of sp³-hybridized carbons (Fsp3) is 0.250. The molecule has 1 amide bonds. The third-order valence-corrected chi connectivity index (χ3v) is 2.82. The van der Waals surface area contributed by atoms with E-state index in [4.69, 9.17) is 4.74 Å². The summed E-state index contributed by atoms with van der Waals surface area (Å²) in [6, 6.07) is 12.6. The molecule has 110 valence electrons. The van der Waals surface area contributed by atoms with Crippen molar-refractivity contribution < 1.29 is 9.53 Å². The molecule has 2 rings (SSSR count). The lowest BCUT2D eigenvalue weighted by Crippen LogP contribution is -2.19. The largest absolute Gasteiger partial charge is 0.491 e. The summed E-state index contributed by atoms with van der Waals surface area (Å²) in [7, 11) is 3.98. The van der Waals surface area contributed by atoms with E-state index in [1.807, 2.05) is 37.2 Å². The molecule has 0 aliphatic heterocycles. The lowest BCUT2D eigenvalue weighted by Gasteiger charge is -2.11. The Morgan fingerprint density at radius 1 is 1.19 bits per heavy atom. The second-order valence-electron chi connectivity index (χ2n) is 4.85. The van der Waals surface area contributed by atoms with Crippen molar-refractivity contribution in [2.24, 2.45) is 0 Å². The summed E-state index contributed by atoms with van der Waals surface area (Å²) in [6.07, 6.45) is 1.61. The van der Waals surface area contributed by atoms with Gasteiger partial charge in [0.1, 0.15) is 18.2 Å². The molecular weight excluding hydrogens is 266 g/mol. The summed E-state index contributed by atoms with van der Waals surface area (Å²) < 4.78 is 5.54. The number of nitrogens with zero attached hydrogens (tertiary/aromatic N) is 2. The maximum Gasteiger partial charge on any atom is 0.256 e. The number of carbonyl (C=O) groups is 1. The number of ether oxygens (including phenoxy) is 1. The molecule has 0 aliphatic carbocycles. The van der Waals surface area contributed by atoms with E-state index in [1.54, 1.807) is 30.5 Å². The molecule has 5 heteroatoms. The highest BCUT2D eigenvalue weighted by atomic mass is 16.5. The van der Waals surface area contributed by atoms with Crippen LogP contribution in [0.4, 0.5) is 5.82 Å². The Balaban J connectivity index is 1.89.